The monoisotopic (exact) mass is 564 g/mol. The van der Waals surface area contributed by atoms with Crippen LogP contribution in [0.1, 0.15) is 13.1 Å². The van der Waals surface area contributed by atoms with E-state index in [9.17, 15) is 18.0 Å². The standard InChI is InChI=1S/C17H21IN6O5S.CH4/c1-11-2-7-14(23-30(27,28)13-5-3-12(18)4-6-13)16(26)24(11)10-15(25)21-8-9-29-22-17(19)20;/h2-7,23H,8-10H2,1H3,(H,21,25)(H4,19,20,22);1H4. The molecule has 0 saturated heterocycles. The van der Waals surface area contributed by atoms with Crippen molar-refractivity contribution in [3.8, 4) is 0 Å². The number of nitrogens with one attached hydrogen (secondary N) is 2. The van der Waals surface area contributed by atoms with Gasteiger partial charge in [-0.2, -0.15) is 0 Å². The molecule has 0 saturated carbocycles. The van der Waals surface area contributed by atoms with Gasteiger partial charge in [-0.3, -0.25) is 14.3 Å². The zero-order valence-electron chi connectivity index (χ0n) is 16.0. The third kappa shape index (κ3) is 7.75. The van der Waals surface area contributed by atoms with E-state index in [0.717, 1.165) is 8.14 Å². The molecule has 2 rings (SSSR count). The summed E-state index contributed by atoms with van der Waals surface area (Å²) in [5, 5.41) is 5.85. The lowest BCUT2D eigenvalue weighted by molar-refractivity contribution is -0.122. The molecule has 0 aliphatic carbocycles. The summed E-state index contributed by atoms with van der Waals surface area (Å²) in [5.41, 5.74) is 9.88. The van der Waals surface area contributed by atoms with Crippen molar-refractivity contribution in [2.45, 2.75) is 25.8 Å². The number of carbonyl (C=O) groups excluding carboxylic acids is 1. The van der Waals surface area contributed by atoms with Crippen LogP contribution in [0.4, 0.5) is 5.69 Å². The van der Waals surface area contributed by atoms with Gasteiger partial charge in [0.2, 0.25) is 11.9 Å². The van der Waals surface area contributed by atoms with Crippen LogP contribution in [0.25, 0.3) is 0 Å². The van der Waals surface area contributed by atoms with Crippen molar-refractivity contribution in [1.29, 1.82) is 0 Å². The molecule has 0 atom stereocenters. The van der Waals surface area contributed by atoms with Crippen molar-refractivity contribution in [2.24, 2.45) is 16.6 Å². The molecule has 13 heteroatoms. The fraction of sp³-hybridized carbons (Fsp3) is 0.278. The number of oxime groups is 1. The molecule has 0 aliphatic heterocycles. The second kappa shape index (κ2) is 11.5. The number of halogens is 1. The molecule has 0 spiro atoms. The molecule has 1 amide bonds. The Hall–Kier alpha value is -2.81. The highest BCUT2D eigenvalue weighted by Crippen LogP contribution is 2.15. The third-order valence-electron chi connectivity index (χ3n) is 3.75. The molecule has 1 aromatic carbocycles. The average Bonchev–Trinajstić information content (AvgIpc) is 2.67. The zero-order chi connectivity index (χ0) is 22.3. The summed E-state index contributed by atoms with van der Waals surface area (Å²) in [4.78, 5) is 29.6. The van der Waals surface area contributed by atoms with Gasteiger partial charge in [0, 0.05) is 9.26 Å². The van der Waals surface area contributed by atoms with Crippen LogP contribution < -0.4 is 27.1 Å². The molecule has 0 unspecified atom stereocenters. The van der Waals surface area contributed by atoms with Gasteiger partial charge in [-0.1, -0.05) is 7.43 Å². The number of rotatable bonds is 9. The van der Waals surface area contributed by atoms with Crippen molar-refractivity contribution < 1.29 is 18.0 Å². The minimum absolute atomic E-state index is 0. The first-order chi connectivity index (χ1) is 14.1. The van der Waals surface area contributed by atoms with Crippen LogP contribution in [0.2, 0.25) is 0 Å². The number of hydrogen-bond donors (Lipinski definition) is 4. The Labute approximate surface area is 194 Å². The SMILES string of the molecule is C.Cc1ccc(NS(=O)(=O)c2ccc(I)cc2)c(=O)n1CC(=O)NCCON=C(N)N. The molecular weight excluding hydrogens is 539 g/mol. The lowest BCUT2D eigenvalue weighted by atomic mass is 10.3. The summed E-state index contributed by atoms with van der Waals surface area (Å²) in [7, 11) is -3.95. The number of pyridine rings is 1. The van der Waals surface area contributed by atoms with Crippen LogP contribution in [-0.2, 0) is 26.2 Å². The van der Waals surface area contributed by atoms with Crippen molar-refractivity contribution in [1.82, 2.24) is 9.88 Å². The largest absolute Gasteiger partial charge is 0.391 e. The van der Waals surface area contributed by atoms with Crippen molar-refractivity contribution >= 4 is 50.2 Å². The normalized spacial score (nSPS) is 10.5. The van der Waals surface area contributed by atoms with E-state index in [4.69, 9.17) is 16.3 Å². The van der Waals surface area contributed by atoms with Crippen LogP contribution in [0.5, 0.6) is 0 Å². The highest BCUT2D eigenvalue weighted by Gasteiger charge is 2.18. The Morgan fingerprint density at radius 1 is 1.19 bits per heavy atom. The summed E-state index contributed by atoms with van der Waals surface area (Å²) in [5.74, 6) is -0.709. The van der Waals surface area contributed by atoms with Gasteiger partial charge in [0.25, 0.3) is 15.6 Å². The van der Waals surface area contributed by atoms with E-state index < -0.39 is 21.5 Å². The van der Waals surface area contributed by atoms with E-state index in [0.29, 0.717) is 5.69 Å². The maximum absolute atomic E-state index is 12.7. The summed E-state index contributed by atoms with van der Waals surface area (Å²) < 4.78 is 29.4. The summed E-state index contributed by atoms with van der Waals surface area (Å²) in [6.07, 6.45) is 0. The predicted molar refractivity (Wildman–Crippen MR) is 127 cm³/mol. The highest BCUT2D eigenvalue weighted by atomic mass is 127. The van der Waals surface area contributed by atoms with E-state index >= 15 is 0 Å². The molecule has 11 nitrogen and oxygen atoms in total. The van der Waals surface area contributed by atoms with Gasteiger partial charge in [-0.15, -0.1) is 0 Å². The lowest BCUT2D eigenvalue weighted by Gasteiger charge is -2.13. The number of hydrogen-bond acceptors (Lipinski definition) is 6. The first-order valence-corrected chi connectivity index (χ1v) is 11.1. The summed E-state index contributed by atoms with van der Waals surface area (Å²) in [6.45, 7) is 1.48. The molecule has 0 aliphatic rings. The maximum Gasteiger partial charge on any atom is 0.275 e. The highest BCUT2D eigenvalue weighted by molar-refractivity contribution is 14.1. The van der Waals surface area contributed by atoms with Gasteiger partial charge >= 0.3 is 0 Å². The number of aryl methyl sites for hydroxylation is 1. The molecule has 0 radical (unpaired) electrons. The minimum Gasteiger partial charge on any atom is -0.391 e. The Kier molecular flexibility index (Phi) is 9.77. The molecule has 170 valence electrons. The van der Waals surface area contributed by atoms with Gasteiger partial charge in [0.05, 0.1) is 11.4 Å². The van der Waals surface area contributed by atoms with E-state index in [1.807, 2.05) is 0 Å². The molecule has 1 heterocycles. The topological polar surface area (TPSA) is 171 Å². The number of anilines is 1. The van der Waals surface area contributed by atoms with Crippen LogP contribution in [0.15, 0.2) is 51.2 Å². The number of nitrogens with zero attached hydrogens (tertiary/aromatic N) is 2. The Morgan fingerprint density at radius 3 is 2.45 bits per heavy atom. The molecule has 31 heavy (non-hydrogen) atoms. The second-order valence-electron chi connectivity index (χ2n) is 6.04. The number of sulfonamides is 1. The molecule has 1 aromatic heterocycles. The molecule has 2 aromatic rings. The number of guanidine groups is 1. The Balaban J connectivity index is 0.00000480. The smallest absolute Gasteiger partial charge is 0.275 e. The minimum atomic E-state index is -3.95. The van der Waals surface area contributed by atoms with Gasteiger partial charge in [-0.05, 0) is 71.1 Å². The maximum atomic E-state index is 12.7. The van der Waals surface area contributed by atoms with Gasteiger partial charge in [0.15, 0.2) is 0 Å². The van der Waals surface area contributed by atoms with Gasteiger partial charge < -0.3 is 26.2 Å². The first kappa shape index (κ1) is 26.2. The fourth-order valence-corrected chi connectivity index (χ4v) is 3.73. The second-order valence-corrected chi connectivity index (χ2v) is 8.97. The predicted octanol–water partition coefficient (Wildman–Crippen LogP) is 0.519. The van der Waals surface area contributed by atoms with Gasteiger partial charge in [-0.25, -0.2) is 8.42 Å². The molecule has 0 fully saturated rings. The molecule has 0 bridgehead atoms. The first-order valence-electron chi connectivity index (χ1n) is 8.56. The lowest BCUT2D eigenvalue weighted by Crippen LogP contribution is -2.36. The van der Waals surface area contributed by atoms with Crippen molar-refractivity contribution in [2.75, 3.05) is 17.9 Å². The molecular formula is C18H25IN6O5S. The van der Waals surface area contributed by atoms with Crippen LogP contribution in [-0.4, -0.2) is 38.0 Å². The fourth-order valence-electron chi connectivity index (χ4n) is 2.32. The number of benzene rings is 1. The molecule has 6 N–H and O–H groups in total. The van der Waals surface area contributed by atoms with Crippen LogP contribution >= 0.6 is 22.6 Å². The van der Waals surface area contributed by atoms with Crippen LogP contribution in [0, 0.1) is 10.5 Å². The van der Waals surface area contributed by atoms with E-state index in [-0.39, 0.29) is 43.7 Å². The van der Waals surface area contributed by atoms with Crippen LogP contribution in [0.3, 0.4) is 0 Å². The summed E-state index contributed by atoms with van der Waals surface area (Å²) in [6, 6.07) is 9.07. The number of amides is 1. The van der Waals surface area contributed by atoms with Gasteiger partial charge in [0.1, 0.15) is 18.8 Å². The zero-order valence-corrected chi connectivity index (χ0v) is 18.9. The Morgan fingerprint density at radius 2 is 1.84 bits per heavy atom. The van der Waals surface area contributed by atoms with Crippen molar-refractivity contribution in [3.05, 3.63) is 56.0 Å². The average molecular weight is 564 g/mol. The van der Waals surface area contributed by atoms with Crippen molar-refractivity contribution in [3.63, 3.8) is 0 Å². The summed E-state index contributed by atoms with van der Waals surface area (Å²) >= 11 is 2.06. The van der Waals surface area contributed by atoms with E-state index in [1.165, 1.54) is 18.2 Å². The quantitative estimate of drug-likeness (QED) is 0.113. The number of aromatic nitrogens is 1. The number of nitrogens with two attached hydrogens (primary N) is 2. The van der Waals surface area contributed by atoms with E-state index in [1.54, 1.807) is 25.1 Å². The Bertz CT molecular complexity index is 1100. The van der Waals surface area contributed by atoms with E-state index in [2.05, 4.69) is 37.8 Å². The number of carbonyl (C=O) groups is 1. The third-order valence-corrected chi connectivity index (χ3v) is 5.85.